The van der Waals surface area contributed by atoms with Crippen LogP contribution in [0.5, 0.6) is 0 Å². The SMILES string of the molecule is C[NH+](CC(=O)c1ccccc1Br)C1CCCCC1. The lowest BCUT2D eigenvalue weighted by molar-refractivity contribution is -0.898. The second-order valence-corrected chi connectivity index (χ2v) is 6.12. The standard InChI is InChI=1S/C15H20BrNO/c1-17(12-7-3-2-4-8-12)11-15(18)13-9-5-6-10-14(13)16/h5-6,9-10,12H,2-4,7-8,11H2,1H3/p+1. The molecule has 0 amide bonds. The summed E-state index contributed by atoms with van der Waals surface area (Å²) < 4.78 is 0.909. The van der Waals surface area contributed by atoms with Crippen molar-refractivity contribution in [3.63, 3.8) is 0 Å². The Morgan fingerprint density at radius 2 is 1.94 bits per heavy atom. The van der Waals surface area contributed by atoms with Crippen molar-refractivity contribution in [1.82, 2.24) is 0 Å². The molecule has 18 heavy (non-hydrogen) atoms. The Kier molecular flexibility index (Phi) is 4.95. The van der Waals surface area contributed by atoms with E-state index in [-0.39, 0.29) is 5.78 Å². The van der Waals surface area contributed by atoms with Crippen molar-refractivity contribution >= 4 is 21.7 Å². The molecule has 0 saturated heterocycles. The first kappa shape index (κ1) is 13.8. The maximum atomic E-state index is 12.3. The monoisotopic (exact) mass is 310 g/mol. The summed E-state index contributed by atoms with van der Waals surface area (Å²) in [5.41, 5.74) is 0.813. The summed E-state index contributed by atoms with van der Waals surface area (Å²) in [5, 5.41) is 0. The van der Waals surface area contributed by atoms with Gasteiger partial charge in [0.25, 0.3) is 0 Å². The average Bonchev–Trinajstić information content (AvgIpc) is 2.40. The van der Waals surface area contributed by atoms with Crippen molar-refractivity contribution in [2.45, 2.75) is 38.1 Å². The zero-order chi connectivity index (χ0) is 13.0. The van der Waals surface area contributed by atoms with Crippen LogP contribution in [0.1, 0.15) is 42.5 Å². The molecule has 0 heterocycles. The van der Waals surface area contributed by atoms with Crippen LogP contribution in [-0.2, 0) is 0 Å². The third-order valence-corrected chi connectivity index (χ3v) is 4.61. The van der Waals surface area contributed by atoms with Crippen LogP contribution >= 0.6 is 15.9 Å². The van der Waals surface area contributed by atoms with E-state index < -0.39 is 0 Å². The van der Waals surface area contributed by atoms with Crippen LogP contribution in [0.2, 0.25) is 0 Å². The van der Waals surface area contributed by atoms with Crippen LogP contribution in [0.4, 0.5) is 0 Å². The van der Waals surface area contributed by atoms with Crippen molar-refractivity contribution in [3.05, 3.63) is 34.3 Å². The van der Waals surface area contributed by atoms with Gasteiger partial charge in [0.2, 0.25) is 5.78 Å². The number of Topliss-reactive ketones (excluding diaryl/α,β-unsaturated/α-hetero) is 1. The molecule has 0 radical (unpaired) electrons. The third-order valence-electron chi connectivity index (χ3n) is 3.92. The van der Waals surface area contributed by atoms with Crippen molar-refractivity contribution in [2.75, 3.05) is 13.6 Å². The number of ketones is 1. The first-order valence-corrected chi connectivity index (χ1v) is 7.58. The van der Waals surface area contributed by atoms with E-state index in [0.29, 0.717) is 12.6 Å². The van der Waals surface area contributed by atoms with Gasteiger partial charge in [0.05, 0.1) is 13.1 Å². The first-order chi connectivity index (χ1) is 8.68. The molecule has 0 aromatic heterocycles. The van der Waals surface area contributed by atoms with Gasteiger partial charge in [0.15, 0.2) is 0 Å². The summed E-state index contributed by atoms with van der Waals surface area (Å²) in [5.74, 6) is 0.241. The Hall–Kier alpha value is -0.670. The van der Waals surface area contributed by atoms with Gasteiger partial charge in [-0.05, 0) is 31.7 Å². The highest BCUT2D eigenvalue weighted by molar-refractivity contribution is 9.10. The first-order valence-electron chi connectivity index (χ1n) is 6.78. The molecule has 1 unspecified atom stereocenters. The molecule has 3 heteroatoms. The number of quaternary nitrogens is 1. The maximum absolute atomic E-state index is 12.3. The summed E-state index contributed by atoms with van der Waals surface area (Å²) >= 11 is 3.45. The summed E-state index contributed by atoms with van der Waals surface area (Å²) in [6, 6.07) is 8.38. The zero-order valence-electron chi connectivity index (χ0n) is 10.9. The van der Waals surface area contributed by atoms with Crippen LogP contribution in [0, 0.1) is 0 Å². The molecule has 0 bridgehead atoms. The molecule has 1 aromatic carbocycles. The number of nitrogens with one attached hydrogen (secondary N) is 1. The number of hydrogen-bond acceptors (Lipinski definition) is 1. The van der Waals surface area contributed by atoms with Crippen molar-refractivity contribution in [2.24, 2.45) is 0 Å². The Balaban J connectivity index is 1.96. The summed E-state index contributed by atoms with van der Waals surface area (Å²) in [7, 11) is 2.16. The van der Waals surface area contributed by atoms with Gasteiger partial charge in [-0.1, -0.05) is 40.5 Å². The lowest BCUT2D eigenvalue weighted by Gasteiger charge is -2.27. The predicted molar refractivity (Wildman–Crippen MR) is 77.1 cm³/mol. The Morgan fingerprint density at radius 1 is 1.28 bits per heavy atom. The van der Waals surface area contributed by atoms with Gasteiger partial charge in [-0.2, -0.15) is 0 Å². The lowest BCUT2D eigenvalue weighted by atomic mass is 9.94. The van der Waals surface area contributed by atoms with Crippen molar-refractivity contribution in [3.8, 4) is 0 Å². The van der Waals surface area contributed by atoms with Crippen LogP contribution in [0.15, 0.2) is 28.7 Å². The summed E-state index contributed by atoms with van der Waals surface area (Å²) in [6.45, 7) is 0.604. The number of halogens is 1. The summed E-state index contributed by atoms with van der Waals surface area (Å²) in [4.78, 5) is 13.6. The number of benzene rings is 1. The topological polar surface area (TPSA) is 21.5 Å². The van der Waals surface area contributed by atoms with Gasteiger partial charge in [0.1, 0.15) is 6.54 Å². The van der Waals surface area contributed by atoms with Gasteiger partial charge < -0.3 is 4.90 Å². The molecule has 1 saturated carbocycles. The lowest BCUT2D eigenvalue weighted by Crippen LogP contribution is -3.14. The third kappa shape index (κ3) is 3.42. The van der Waals surface area contributed by atoms with Gasteiger partial charge in [-0.25, -0.2) is 0 Å². The fraction of sp³-hybridized carbons (Fsp3) is 0.533. The number of rotatable bonds is 4. The maximum Gasteiger partial charge on any atom is 0.217 e. The molecule has 2 rings (SSSR count). The van der Waals surface area contributed by atoms with E-state index in [1.54, 1.807) is 0 Å². The second kappa shape index (κ2) is 6.48. The zero-order valence-corrected chi connectivity index (χ0v) is 12.5. The fourth-order valence-corrected chi connectivity index (χ4v) is 3.28. The molecular formula is C15H21BrNO+. The Morgan fingerprint density at radius 3 is 2.61 bits per heavy atom. The number of likely N-dealkylation sites (N-methyl/N-ethyl adjacent to an activating group) is 1. The molecule has 2 nitrogen and oxygen atoms in total. The molecule has 1 N–H and O–H groups in total. The normalized spacial score (nSPS) is 18.6. The predicted octanol–water partition coefficient (Wildman–Crippen LogP) is 2.48. The van der Waals surface area contributed by atoms with Crippen LogP contribution in [-0.4, -0.2) is 25.4 Å². The van der Waals surface area contributed by atoms with Gasteiger partial charge >= 0.3 is 0 Å². The smallest absolute Gasteiger partial charge is 0.217 e. The van der Waals surface area contributed by atoms with E-state index in [1.165, 1.54) is 37.0 Å². The molecule has 1 aliphatic carbocycles. The average molecular weight is 311 g/mol. The molecule has 1 atom stereocenters. The fourth-order valence-electron chi connectivity index (χ4n) is 2.78. The molecule has 0 spiro atoms. The van der Waals surface area contributed by atoms with E-state index in [9.17, 15) is 4.79 Å². The highest BCUT2D eigenvalue weighted by Crippen LogP contribution is 2.17. The Bertz CT molecular complexity index is 413. The Labute approximate surface area is 117 Å². The van der Waals surface area contributed by atoms with Gasteiger partial charge in [-0.3, -0.25) is 4.79 Å². The molecule has 1 fully saturated rings. The number of hydrogen-bond donors (Lipinski definition) is 1. The highest BCUT2D eigenvalue weighted by Gasteiger charge is 2.24. The minimum absolute atomic E-state index is 0.241. The number of carbonyl (C=O) groups excluding carboxylic acids is 1. The van der Waals surface area contributed by atoms with E-state index in [1.807, 2.05) is 24.3 Å². The quantitative estimate of drug-likeness (QED) is 0.848. The molecular weight excluding hydrogens is 290 g/mol. The van der Waals surface area contributed by atoms with Crippen molar-refractivity contribution in [1.29, 1.82) is 0 Å². The molecule has 1 aliphatic rings. The van der Waals surface area contributed by atoms with Crippen LogP contribution in [0.25, 0.3) is 0 Å². The summed E-state index contributed by atoms with van der Waals surface area (Å²) in [6.07, 6.45) is 6.56. The van der Waals surface area contributed by atoms with Crippen LogP contribution < -0.4 is 4.90 Å². The van der Waals surface area contributed by atoms with Gasteiger partial charge in [-0.15, -0.1) is 0 Å². The van der Waals surface area contributed by atoms with E-state index in [2.05, 4.69) is 23.0 Å². The second-order valence-electron chi connectivity index (χ2n) is 5.26. The van der Waals surface area contributed by atoms with Crippen molar-refractivity contribution < 1.29 is 9.69 Å². The van der Waals surface area contributed by atoms with Gasteiger partial charge in [0, 0.05) is 10.0 Å². The van der Waals surface area contributed by atoms with E-state index >= 15 is 0 Å². The minimum Gasteiger partial charge on any atom is -0.328 e. The largest absolute Gasteiger partial charge is 0.328 e. The molecule has 98 valence electrons. The molecule has 1 aromatic rings. The number of carbonyl (C=O) groups is 1. The van der Waals surface area contributed by atoms with Crippen LogP contribution in [0.3, 0.4) is 0 Å². The van der Waals surface area contributed by atoms with E-state index in [4.69, 9.17) is 0 Å². The minimum atomic E-state index is 0.241. The highest BCUT2D eigenvalue weighted by atomic mass is 79.9. The van der Waals surface area contributed by atoms with E-state index in [0.717, 1.165) is 10.0 Å². The molecule has 0 aliphatic heterocycles.